The van der Waals surface area contributed by atoms with Crippen molar-refractivity contribution in [1.29, 1.82) is 0 Å². The predicted octanol–water partition coefficient (Wildman–Crippen LogP) is 3.81. The SMILES string of the molecule is CC(C)n1c(=O)c2c(-c3nc(C4CC4)no3)ncn2c2ccc(Cl)cc21. The molecule has 26 heavy (non-hydrogen) atoms. The van der Waals surface area contributed by atoms with Crippen molar-refractivity contribution in [3.05, 3.63) is 45.7 Å². The molecule has 5 rings (SSSR count). The van der Waals surface area contributed by atoms with Crippen LogP contribution in [-0.4, -0.2) is 24.1 Å². The molecule has 132 valence electrons. The van der Waals surface area contributed by atoms with Crippen molar-refractivity contribution in [3.63, 3.8) is 0 Å². The largest absolute Gasteiger partial charge is 0.332 e. The fourth-order valence-electron chi connectivity index (χ4n) is 3.36. The second kappa shape index (κ2) is 5.41. The molecule has 7 nitrogen and oxygen atoms in total. The van der Waals surface area contributed by atoms with Gasteiger partial charge in [0.25, 0.3) is 11.4 Å². The van der Waals surface area contributed by atoms with Gasteiger partial charge in [-0.25, -0.2) is 4.98 Å². The standard InChI is InChI=1S/C18H16ClN5O2/c1-9(2)24-13-7-11(19)5-6-12(13)23-8-20-14(15(23)18(24)25)17-21-16(22-26-17)10-3-4-10/h5-10H,3-4H2,1-2H3. The van der Waals surface area contributed by atoms with Crippen LogP contribution in [0.3, 0.4) is 0 Å². The van der Waals surface area contributed by atoms with Gasteiger partial charge in [-0.3, -0.25) is 9.20 Å². The predicted molar refractivity (Wildman–Crippen MR) is 97.6 cm³/mol. The Bertz CT molecular complexity index is 1220. The summed E-state index contributed by atoms with van der Waals surface area (Å²) in [6.45, 7) is 3.93. The van der Waals surface area contributed by atoms with E-state index in [-0.39, 0.29) is 17.5 Å². The summed E-state index contributed by atoms with van der Waals surface area (Å²) in [6.07, 6.45) is 3.77. The van der Waals surface area contributed by atoms with Crippen LogP contribution in [0.5, 0.6) is 0 Å². The minimum atomic E-state index is -0.159. The van der Waals surface area contributed by atoms with Gasteiger partial charge in [0.15, 0.2) is 11.5 Å². The molecule has 1 aliphatic rings. The van der Waals surface area contributed by atoms with Crippen molar-refractivity contribution < 1.29 is 4.52 Å². The van der Waals surface area contributed by atoms with Crippen molar-refractivity contribution in [3.8, 4) is 11.6 Å². The zero-order chi connectivity index (χ0) is 18.0. The molecule has 1 aromatic carbocycles. The monoisotopic (exact) mass is 369 g/mol. The number of fused-ring (bicyclic) bond motifs is 3. The molecule has 3 aromatic heterocycles. The molecule has 1 saturated carbocycles. The van der Waals surface area contributed by atoms with Gasteiger partial charge >= 0.3 is 0 Å². The molecule has 1 aliphatic carbocycles. The highest BCUT2D eigenvalue weighted by Gasteiger charge is 2.30. The molecule has 0 unspecified atom stereocenters. The fourth-order valence-corrected chi connectivity index (χ4v) is 3.53. The van der Waals surface area contributed by atoms with Crippen molar-refractivity contribution in [2.24, 2.45) is 0 Å². The smallest absolute Gasteiger partial charge is 0.278 e. The van der Waals surface area contributed by atoms with Crippen LogP contribution in [0.2, 0.25) is 5.02 Å². The number of hydrogen-bond donors (Lipinski definition) is 0. The lowest BCUT2D eigenvalue weighted by molar-refractivity contribution is 0.422. The summed E-state index contributed by atoms with van der Waals surface area (Å²) in [4.78, 5) is 22.1. The van der Waals surface area contributed by atoms with Crippen molar-refractivity contribution >= 4 is 28.2 Å². The van der Waals surface area contributed by atoms with Gasteiger partial charge in [0.05, 0.1) is 11.0 Å². The van der Waals surface area contributed by atoms with Crippen LogP contribution < -0.4 is 5.56 Å². The summed E-state index contributed by atoms with van der Waals surface area (Å²) >= 11 is 6.16. The second-order valence-corrected chi connectivity index (χ2v) is 7.38. The first-order valence-corrected chi connectivity index (χ1v) is 8.97. The molecule has 3 heterocycles. The Labute approximate surface area is 153 Å². The maximum Gasteiger partial charge on any atom is 0.278 e. The normalized spacial score (nSPS) is 14.8. The topological polar surface area (TPSA) is 78.2 Å². The summed E-state index contributed by atoms with van der Waals surface area (Å²) in [5.74, 6) is 1.35. The van der Waals surface area contributed by atoms with Crippen LogP contribution in [0.25, 0.3) is 28.1 Å². The van der Waals surface area contributed by atoms with E-state index in [1.807, 2.05) is 19.9 Å². The average Bonchev–Trinajstić information content (AvgIpc) is 3.16. The third kappa shape index (κ3) is 2.20. The number of halogens is 1. The van der Waals surface area contributed by atoms with E-state index in [1.54, 1.807) is 27.4 Å². The van der Waals surface area contributed by atoms with E-state index < -0.39 is 0 Å². The number of hydrogen-bond acceptors (Lipinski definition) is 5. The zero-order valence-corrected chi connectivity index (χ0v) is 15.1. The summed E-state index contributed by atoms with van der Waals surface area (Å²) in [7, 11) is 0. The van der Waals surface area contributed by atoms with E-state index in [0.717, 1.165) is 23.9 Å². The number of rotatable bonds is 3. The minimum Gasteiger partial charge on any atom is -0.332 e. The van der Waals surface area contributed by atoms with Crippen molar-refractivity contribution in [2.45, 2.75) is 38.6 Å². The highest BCUT2D eigenvalue weighted by Crippen LogP contribution is 2.39. The summed E-state index contributed by atoms with van der Waals surface area (Å²) in [5, 5.41) is 4.62. The van der Waals surface area contributed by atoms with Gasteiger partial charge in [-0.15, -0.1) is 0 Å². The Morgan fingerprint density at radius 3 is 2.81 bits per heavy atom. The molecular weight excluding hydrogens is 354 g/mol. The molecule has 0 saturated heterocycles. The third-order valence-electron chi connectivity index (χ3n) is 4.75. The van der Waals surface area contributed by atoms with E-state index in [0.29, 0.717) is 28.0 Å². The van der Waals surface area contributed by atoms with Gasteiger partial charge in [-0.1, -0.05) is 16.8 Å². The van der Waals surface area contributed by atoms with Gasteiger partial charge in [0.1, 0.15) is 11.8 Å². The molecule has 0 aliphatic heterocycles. The molecule has 0 radical (unpaired) electrons. The molecule has 4 aromatic rings. The minimum absolute atomic E-state index is 0.0408. The van der Waals surface area contributed by atoms with E-state index >= 15 is 0 Å². The summed E-state index contributed by atoms with van der Waals surface area (Å²) in [5.41, 5.74) is 2.30. The molecule has 0 N–H and O–H groups in total. The molecule has 8 heteroatoms. The number of benzene rings is 1. The van der Waals surface area contributed by atoms with E-state index in [9.17, 15) is 4.79 Å². The van der Waals surface area contributed by atoms with Crippen LogP contribution in [0.4, 0.5) is 0 Å². The van der Waals surface area contributed by atoms with Gasteiger partial charge in [-0.05, 0) is 44.9 Å². The first-order valence-electron chi connectivity index (χ1n) is 8.59. The van der Waals surface area contributed by atoms with Crippen LogP contribution in [0, 0.1) is 0 Å². The van der Waals surface area contributed by atoms with Crippen LogP contribution >= 0.6 is 11.6 Å². The quantitative estimate of drug-likeness (QED) is 0.548. The highest BCUT2D eigenvalue weighted by atomic mass is 35.5. The summed E-state index contributed by atoms with van der Waals surface area (Å²) in [6, 6.07) is 5.45. The van der Waals surface area contributed by atoms with Crippen molar-refractivity contribution in [2.75, 3.05) is 0 Å². The van der Waals surface area contributed by atoms with Gasteiger partial charge < -0.3 is 9.09 Å². The average molecular weight is 370 g/mol. The fraction of sp³-hybridized carbons (Fsp3) is 0.333. The van der Waals surface area contributed by atoms with E-state index in [1.165, 1.54) is 0 Å². The Morgan fingerprint density at radius 1 is 1.27 bits per heavy atom. The van der Waals surface area contributed by atoms with Gasteiger partial charge in [0, 0.05) is 17.0 Å². The van der Waals surface area contributed by atoms with Crippen LogP contribution in [-0.2, 0) is 0 Å². The Hall–Kier alpha value is -2.67. The number of aromatic nitrogens is 5. The third-order valence-corrected chi connectivity index (χ3v) is 4.98. The molecule has 1 fully saturated rings. The first kappa shape index (κ1) is 15.6. The summed E-state index contributed by atoms with van der Waals surface area (Å²) < 4.78 is 8.89. The van der Waals surface area contributed by atoms with Crippen molar-refractivity contribution in [1.82, 2.24) is 24.1 Å². The molecule has 0 amide bonds. The maximum atomic E-state index is 13.3. The first-order chi connectivity index (χ1) is 12.5. The number of imidazole rings is 1. The van der Waals surface area contributed by atoms with Crippen LogP contribution in [0.15, 0.2) is 33.8 Å². The Balaban J connectivity index is 1.85. The van der Waals surface area contributed by atoms with E-state index in [4.69, 9.17) is 16.1 Å². The molecule has 0 atom stereocenters. The Morgan fingerprint density at radius 2 is 2.08 bits per heavy atom. The molecule has 0 bridgehead atoms. The molecule has 0 spiro atoms. The second-order valence-electron chi connectivity index (χ2n) is 6.95. The lowest BCUT2D eigenvalue weighted by Crippen LogP contribution is -2.24. The Kier molecular flexibility index (Phi) is 3.24. The highest BCUT2D eigenvalue weighted by molar-refractivity contribution is 6.31. The van der Waals surface area contributed by atoms with E-state index in [2.05, 4.69) is 15.1 Å². The zero-order valence-electron chi connectivity index (χ0n) is 14.3. The molecular formula is C18H16ClN5O2. The van der Waals surface area contributed by atoms with Crippen LogP contribution in [0.1, 0.15) is 44.5 Å². The number of nitrogens with zero attached hydrogens (tertiary/aromatic N) is 5. The lowest BCUT2D eigenvalue weighted by atomic mass is 10.2. The van der Waals surface area contributed by atoms with Gasteiger partial charge in [-0.2, -0.15) is 4.98 Å². The maximum absolute atomic E-state index is 13.3. The van der Waals surface area contributed by atoms with Gasteiger partial charge in [0.2, 0.25) is 0 Å². The lowest BCUT2D eigenvalue weighted by Gasteiger charge is -2.15.